The Balaban J connectivity index is 1.77. The molecule has 2 aliphatic carbocycles. The van der Waals surface area contributed by atoms with E-state index in [0.717, 1.165) is 6.42 Å². The Kier molecular flexibility index (Phi) is 5.11. The molecule has 2 nitrogen and oxygen atoms in total. The summed E-state index contributed by atoms with van der Waals surface area (Å²) in [6.07, 6.45) is 14.2. The van der Waals surface area contributed by atoms with Crippen LogP contribution in [0.25, 0.3) is 0 Å². The van der Waals surface area contributed by atoms with Crippen LogP contribution < -0.4 is 5.32 Å². The van der Waals surface area contributed by atoms with Gasteiger partial charge in [-0.15, -0.1) is 0 Å². The fourth-order valence-electron chi connectivity index (χ4n) is 3.23. The first kappa shape index (κ1) is 12.4. The van der Waals surface area contributed by atoms with Gasteiger partial charge in [-0.2, -0.15) is 0 Å². The molecule has 0 saturated heterocycles. The van der Waals surface area contributed by atoms with Crippen molar-refractivity contribution in [2.45, 2.75) is 88.8 Å². The highest BCUT2D eigenvalue weighted by Crippen LogP contribution is 2.22. The van der Waals surface area contributed by atoms with Crippen molar-refractivity contribution in [3.05, 3.63) is 0 Å². The maximum Gasteiger partial charge on any atom is 0.0693 e. The van der Waals surface area contributed by atoms with Gasteiger partial charge < -0.3 is 10.4 Å². The largest absolute Gasteiger partial charge is 0.392 e. The molecule has 0 radical (unpaired) electrons. The van der Waals surface area contributed by atoms with Crippen molar-refractivity contribution in [2.75, 3.05) is 0 Å². The molecule has 2 heteroatoms. The molecule has 0 bridgehead atoms. The summed E-state index contributed by atoms with van der Waals surface area (Å²) in [5.41, 5.74) is 0. The first-order valence-electron chi connectivity index (χ1n) is 7.30. The van der Waals surface area contributed by atoms with Crippen LogP contribution in [0.15, 0.2) is 0 Å². The molecule has 2 fully saturated rings. The first-order valence-corrected chi connectivity index (χ1v) is 7.30. The van der Waals surface area contributed by atoms with Gasteiger partial charge in [-0.25, -0.2) is 0 Å². The quantitative estimate of drug-likeness (QED) is 0.757. The monoisotopic (exact) mass is 225 g/mol. The van der Waals surface area contributed by atoms with Gasteiger partial charge in [-0.3, -0.25) is 0 Å². The predicted octanol–water partition coefficient (Wildman–Crippen LogP) is 2.99. The van der Waals surface area contributed by atoms with Crippen LogP contribution in [0, 0.1) is 0 Å². The molecule has 0 spiro atoms. The van der Waals surface area contributed by atoms with Crippen LogP contribution >= 0.6 is 0 Å². The molecule has 2 rings (SSSR count). The van der Waals surface area contributed by atoms with Crippen LogP contribution in [0.3, 0.4) is 0 Å². The molecule has 0 aliphatic heterocycles. The summed E-state index contributed by atoms with van der Waals surface area (Å²) in [6, 6.07) is 1.07. The lowest BCUT2D eigenvalue weighted by Crippen LogP contribution is -2.47. The standard InChI is InChI=1S/C14H27NO/c16-14-11-7-6-10-13(14)15-12-8-4-2-1-3-5-9-12/h12-16H,1-11H2. The van der Waals surface area contributed by atoms with Crippen LogP contribution in [0.4, 0.5) is 0 Å². The van der Waals surface area contributed by atoms with E-state index >= 15 is 0 Å². The van der Waals surface area contributed by atoms with Crippen molar-refractivity contribution < 1.29 is 5.11 Å². The van der Waals surface area contributed by atoms with E-state index in [4.69, 9.17) is 0 Å². The molecule has 2 aliphatic rings. The zero-order valence-corrected chi connectivity index (χ0v) is 10.5. The fraction of sp³-hybridized carbons (Fsp3) is 1.00. The Morgan fingerprint density at radius 3 is 1.94 bits per heavy atom. The second-order valence-corrected chi connectivity index (χ2v) is 5.67. The van der Waals surface area contributed by atoms with E-state index in [1.807, 2.05) is 0 Å². The average molecular weight is 225 g/mol. The summed E-state index contributed by atoms with van der Waals surface area (Å²) >= 11 is 0. The molecule has 0 aromatic rings. The zero-order valence-electron chi connectivity index (χ0n) is 10.5. The van der Waals surface area contributed by atoms with E-state index in [2.05, 4.69) is 5.32 Å². The van der Waals surface area contributed by atoms with Gasteiger partial charge >= 0.3 is 0 Å². The van der Waals surface area contributed by atoms with E-state index in [9.17, 15) is 5.11 Å². The predicted molar refractivity (Wildman–Crippen MR) is 67.5 cm³/mol. The van der Waals surface area contributed by atoms with Crippen molar-refractivity contribution in [1.29, 1.82) is 0 Å². The minimum absolute atomic E-state index is 0.0841. The summed E-state index contributed by atoms with van der Waals surface area (Å²) < 4.78 is 0. The minimum Gasteiger partial charge on any atom is -0.392 e. The van der Waals surface area contributed by atoms with Crippen molar-refractivity contribution in [3.8, 4) is 0 Å². The van der Waals surface area contributed by atoms with Crippen LogP contribution in [0.5, 0.6) is 0 Å². The lowest BCUT2D eigenvalue weighted by Gasteiger charge is -2.33. The van der Waals surface area contributed by atoms with Gasteiger partial charge in [0.25, 0.3) is 0 Å². The molecule has 2 saturated carbocycles. The van der Waals surface area contributed by atoms with Gasteiger partial charge in [0.05, 0.1) is 6.10 Å². The topological polar surface area (TPSA) is 32.3 Å². The van der Waals surface area contributed by atoms with Crippen molar-refractivity contribution in [2.24, 2.45) is 0 Å². The van der Waals surface area contributed by atoms with Gasteiger partial charge in [0, 0.05) is 12.1 Å². The number of hydrogen-bond acceptors (Lipinski definition) is 2. The van der Waals surface area contributed by atoms with E-state index < -0.39 is 0 Å². The minimum atomic E-state index is -0.0841. The fourth-order valence-corrected chi connectivity index (χ4v) is 3.23. The molecule has 0 aromatic heterocycles. The molecule has 94 valence electrons. The maximum absolute atomic E-state index is 9.96. The van der Waals surface area contributed by atoms with Crippen LogP contribution in [-0.4, -0.2) is 23.3 Å². The van der Waals surface area contributed by atoms with E-state index in [0.29, 0.717) is 12.1 Å². The van der Waals surface area contributed by atoms with Crippen LogP contribution in [0.2, 0.25) is 0 Å². The van der Waals surface area contributed by atoms with Crippen molar-refractivity contribution >= 4 is 0 Å². The second kappa shape index (κ2) is 6.61. The number of aliphatic hydroxyl groups excluding tert-OH is 1. The highest BCUT2D eigenvalue weighted by atomic mass is 16.3. The van der Waals surface area contributed by atoms with E-state index in [1.54, 1.807) is 0 Å². The lowest BCUT2D eigenvalue weighted by atomic mass is 9.90. The summed E-state index contributed by atoms with van der Waals surface area (Å²) in [6.45, 7) is 0. The van der Waals surface area contributed by atoms with Crippen LogP contribution in [0.1, 0.15) is 70.6 Å². The van der Waals surface area contributed by atoms with Crippen LogP contribution in [-0.2, 0) is 0 Å². The Labute approximate surface area is 99.8 Å². The van der Waals surface area contributed by atoms with Crippen molar-refractivity contribution in [3.63, 3.8) is 0 Å². The molecule has 2 atom stereocenters. The molecule has 0 heterocycles. The van der Waals surface area contributed by atoms with Gasteiger partial charge in [0.15, 0.2) is 0 Å². The van der Waals surface area contributed by atoms with E-state index in [1.165, 1.54) is 64.2 Å². The van der Waals surface area contributed by atoms with Gasteiger partial charge in [0.1, 0.15) is 0 Å². The molecule has 0 amide bonds. The average Bonchev–Trinajstić information content (AvgIpc) is 2.24. The molecular formula is C14H27NO. The van der Waals surface area contributed by atoms with Crippen molar-refractivity contribution in [1.82, 2.24) is 5.32 Å². The first-order chi connectivity index (χ1) is 7.86. The SMILES string of the molecule is OC1CCCCC1NC1CCCCCCC1. The number of nitrogens with one attached hydrogen (secondary N) is 1. The third-order valence-electron chi connectivity index (χ3n) is 4.28. The molecular weight excluding hydrogens is 198 g/mol. The number of hydrogen-bond donors (Lipinski definition) is 2. The summed E-state index contributed by atoms with van der Waals surface area (Å²) in [4.78, 5) is 0. The number of rotatable bonds is 2. The molecule has 16 heavy (non-hydrogen) atoms. The molecule has 2 N–H and O–H groups in total. The Bertz CT molecular complexity index is 187. The summed E-state index contributed by atoms with van der Waals surface area (Å²) in [7, 11) is 0. The Morgan fingerprint density at radius 1 is 0.688 bits per heavy atom. The van der Waals surface area contributed by atoms with Gasteiger partial charge in [0.2, 0.25) is 0 Å². The highest BCUT2D eigenvalue weighted by molar-refractivity contribution is 4.84. The zero-order chi connectivity index (χ0) is 11.2. The Hall–Kier alpha value is -0.0800. The van der Waals surface area contributed by atoms with Gasteiger partial charge in [-0.1, -0.05) is 44.9 Å². The number of aliphatic hydroxyl groups is 1. The highest BCUT2D eigenvalue weighted by Gasteiger charge is 2.25. The maximum atomic E-state index is 9.96. The molecule has 2 unspecified atom stereocenters. The lowest BCUT2D eigenvalue weighted by molar-refractivity contribution is 0.0825. The Morgan fingerprint density at radius 2 is 1.25 bits per heavy atom. The third-order valence-corrected chi connectivity index (χ3v) is 4.28. The summed E-state index contributed by atoms with van der Waals surface area (Å²) in [5, 5.41) is 13.7. The molecule has 0 aromatic carbocycles. The van der Waals surface area contributed by atoms with E-state index in [-0.39, 0.29) is 6.10 Å². The normalized spacial score (nSPS) is 34.3. The van der Waals surface area contributed by atoms with Gasteiger partial charge in [-0.05, 0) is 25.7 Å². The smallest absolute Gasteiger partial charge is 0.0693 e. The third kappa shape index (κ3) is 3.74. The second-order valence-electron chi connectivity index (χ2n) is 5.67. The summed E-state index contributed by atoms with van der Waals surface area (Å²) in [5.74, 6) is 0.